The van der Waals surface area contributed by atoms with Crippen LogP contribution in [0, 0.1) is 15.5 Å². The van der Waals surface area contributed by atoms with E-state index in [-0.39, 0.29) is 22.1 Å². The molecule has 1 aromatic heterocycles. The van der Waals surface area contributed by atoms with Crippen LogP contribution in [0.3, 0.4) is 0 Å². The highest BCUT2D eigenvalue weighted by Gasteiger charge is 2.27. The van der Waals surface area contributed by atoms with E-state index in [1.165, 1.54) is 6.20 Å². The summed E-state index contributed by atoms with van der Waals surface area (Å²) in [6.45, 7) is 8.64. The second-order valence-electron chi connectivity index (χ2n) is 7.00. The van der Waals surface area contributed by atoms with Gasteiger partial charge in [-0.2, -0.15) is 0 Å². The lowest BCUT2D eigenvalue weighted by Gasteiger charge is -2.32. The molecule has 5 nitrogen and oxygen atoms in total. The summed E-state index contributed by atoms with van der Waals surface area (Å²) in [5, 5.41) is 15.7. The lowest BCUT2D eigenvalue weighted by atomic mass is 9.83. The first-order valence-electron chi connectivity index (χ1n) is 8.13. The summed E-state index contributed by atoms with van der Waals surface area (Å²) in [5.41, 5.74) is 1.39. The highest BCUT2D eigenvalue weighted by atomic mass is 16.6. The minimum atomic E-state index is -0.360. The van der Waals surface area contributed by atoms with E-state index in [9.17, 15) is 10.1 Å². The van der Waals surface area contributed by atoms with Gasteiger partial charge in [-0.15, -0.1) is 0 Å². The molecule has 2 aromatic rings. The number of hydrogen-bond acceptors (Lipinski definition) is 4. The minimum absolute atomic E-state index is 0.00735. The molecule has 0 unspecified atom stereocenters. The van der Waals surface area contributed by atoms with E-state index in [1.807, 2.05) is 24.3 Å². The van der Waals surface area contributed by atoms with E-state index in [0.717, 1.165) is 30.2 Å². The molecule has 124 valence electrons. The Hall–Kier alpha value is -2.17. The smallest absolute Gasteiger partial charge is 0.311 e. The van der Waals surface area contributed by atoms with Crippen molar-refractivity contribution in [1.82, 2.24) is 4.98 Å². The SMILES string of the molecule is CCCC[C@@H](Nc1c([N+](=O)[O-])cnc2ccccc12)C(C)(C)C. The molecule has 0 aliphatic heterocycles. The van der Waals surface area contributed by atoms with Crippen LogP contribution in [0.25, 0.3) is 10.9 Å². The van der Waals surface area contributed by atoms with Gasteiger partial charge in [-0.25, -0.2) is 4.98 Å². The number of para-hydroxylation sites is 1. The topological polar surface area (TPSA) is 68.1 Å². The standard InChI is InChI=1S/C18H25N3O2/c1-5-6-11-16(18(2,3)4)20-17-13-9-7-8-10-14(13)19-12-15(17)21(22)23/h7-10,12,16H,5-6,11H2,1-4H3,(H,19,20)/t16-/m1/s1. The summed E-state index contributed by atoms with van der Waals surface area (Å²) in [6.07, 6.45) is 4.53. The fourth-order valence-corrected chi connectivity index (χ4v) is 2.73. The molecule has 1 heterocycles. The number of nitrogens with zero attached hydrogens (tertiary/aromatic N) is 2. The van der Waals surface area contributed by atoms with Gasteiger partial charge in [-0.05, 0) is 17.9 Å². The molecule has 0 aliphatic carbocycles. The fraction of sp³-hybridized carbons (Fsp3) is 0.500. The van der Waals surface area contributed by atoms with Gasteiger partial charge in [0, 0.05) is 11.4 Å². The lowest BCUT2D eigenvalue weighted by Crippen LogP contribution is -2.34. The molecule has 5 heteroatoms. The molecule has 1 atom stereocenters. The molecular weight excluding hydrogens is 290 g/mol. The van der Waals surface area contributed by atoms with Crippen LogP contribution in [0.2, 0.25) is 0 Å². The zero-order chi connectivity index (χ0) is 17.0. The van der Waals surface area contributed by atoms with Crippen LogP contribution in [0.15, 0.2) is 30.5 Å². The molecule has 1 aromatic carbocycles. The molecule has 0 saturated carbocycles. The number of unbranched alkanes of at least 4 members (excludes halogenated alkanes) is 1. The van der Waals surface area contributed by atoms with Crippen LogP contribution in [-0.4, -0.2) is 15.9 Å². The minimum Gasteiger partial charge on any atom is -0.376 e. The highest BCUT2D eigenvalue weighted by Crippen LogP contribution is 2.35. The van der Waals surface area contributed by atoms with Crippen molar-refractivity contribution in [2.75, 3.05) is 5.32 Å². The van der Waals surface area contributed by atoms with Crippen molar-refractivity contribution in [3.05, 3.63) is 40.6 Å². The van der Waals surface area contributed by atoms with Crippen LogP contribution in [0.5, 0.6) is 0 Å². The van der Waals surface area contributed by atoms with Gasteiger partial charge in [0.05, 0.1) is 10.4 Å². The average molecular weight is 315 g/mol. The molecule has 0 radical (unpaired) electrons. The number of fused-ring (bicyclic) bond motifs is 1. The van der Waals surface area contributed by atoms with Crippen molar-refractivity contribution in [1.29, 1.82) is 0 Å². The predicted molar refractivity (Wildman–Crippen MR) is 94.8 cm³/mol. The summed E-state index contributed by atoms with van der Waals surface area (Å²) >= 11 is 0. The summed E-state index contributed by atoms with van der Waals surface area (Å²) in [6, 6.07) is 7.70. The zero-order valence-electron chi connectivity index (χ0n) is 14.3. The van der Waals surface area contributed by atoms with Gasteiger partial charge in [0.15, 0.2) is 0 Å². The maximum Gasteiger partial charge on any atom is 0.311 e. The van der Waals surface area contributed by atoms with Crippen LogP contribution in [0.1, 0.15) is 47.0 Å². The molecule has 0 bridgehead atoms. The monoisotopic (exact) mass is 315 g/mol. The molecule has 2 rings (SSSR count). The first-order valence-corrected chi connectivity index (χ1v) is 8.13. The van der Waals surface area contributed by atoms with E-state index in [1.54, 1.807) is 0 Å². The maximum atomic E-state index is 11.4. The van der Waals surface area contributed by atoms with Gasteiger partial charge in [-0.3, -0.25) is 10.1 Å². The average Bonchev–Trinajstić information content (AvgIpc) is 2.49. The van der Waals surface area contributed by atoms with Gasteiger partial charge in [0.2, 0.25) is 0 Å². The third-order valence-corrected chi connectivity index (χ3v) is 4.16. The van der Waals surface area contributed by atoms with Gasteiger partial charge < -0.3 is 5.32 Å². The second kappa shape index (κ2) is 6.94. The third-order valence-electron chi connectivity index (χ3n) is 4.16. The Balaban J connectivity index is 2.50. The number of hydrogen-bond donors (Lipinski definition) is 1. The second-order valence-corrected chi connectivity index (χ2v) is 7.00. The largest absolute Gasteiger partial charge is 0.376 e. The van der Waals surface area contributed by atoms with Crippen molar-refractivity contribution in [3.8, 4) is 0 Å². The van der Waals surface area contributed by atoms with Crippen molar-refractivity contribution in [2.45, 2.75) is 53.0 Å². The predicted octanol–water partition coefficient (Wildman–Crippen LogP) is 5.16. The Labute approximate surface area is 137 Å². The third kappa shape index (κ3) is 3.97. The molecule has 0 fully saturated rings. The fourth-order valence-electron chi connectivity index (χ4n) is 2.73. The molecule has 0 aliphatic rings. The normalized spacial score (nSPS) is 13.0. The Kier molecular flexibility index (Phi) is 5.19. The molecule has 1 N–H and O–H groups in total. The first kappa shape index (κ1) is 17.2. The summed E-state index contributed by atoms with van der Waals surface area (Å²) < 4.78 is 0. The highest BCUT2D eigenvalue weighted by molar-refractivity contribution is 5.95. The number of anilines is 1. The molecule has 0 amide bonds. The van der Waals surface area contributed by atoms with Gasteiger partial charge in [0.25, 0.3) is 0 Å². The van der Waals surface area contributed by atoms with E-state index >= 15 is 0 Å². The first-order chi connectivity index (χ1) is 10.8. The molecule has 0 spiro atoms. The van der Waals surface area contributed by atoms with Crippen molar-refractivity contribution >= 4 is 22.3 Å². The molecular formula is C18H25N3O2. The van der Waals surface area contributed by atoms with Crippen LogP contribution < -0.4 is 5.32 Å². The summed E-state index contributed by atoms with van der Waals surface area (Å²) in [4.78, 5) is 15.3. The maximum absolute atomic E-state index is 11.4. The number of nitro groups is 1. The number of benzene rings is 1. The van der Waals surface area contributed by atoms with Crippen molar-refractivity contribution in [2.24, 2.45) is 5.41 Å². The van der Waals surface area contributed by atoms with Crippen LogP contribution >= 0.6 is 0 Å². The molecule has 23 heavy (non-hydrogen) atoms. The number of nitrogens with one attached hydrogen (secondary N) is 1. The van der Waals surface area contributed by atoms with Crippen molar-refractivity contribution < 1.29 is 4.92 Å². The van der Waals surface area contributed by atoms with Gasteiger partial charge in [-0.1, -0.05) is 58.7 Å². The van der Waals surface area contributed by atoms with Gasteiger partial charge >= 0.3 is 5.69 Å². The van der Waals surface area contributed by atoms with Crippen LogP contribution in [0.4, 0.5) is 11.4 Å². The summed E-state index contributed by atoms with van der Waals surface area (Å²) in [5.74, 6) is 0. The van der Waals surface area contributed by atoms with Crippen LogP contribution in [-0.2, 0) is 0 Å². The van der Waals surface area contributed by atoms with E-state index in [2.05, 4.69) is 38.0 Å². The Morgan fingerprint density at radius 1 is 1.30 bits per heavy atom. The number of rotatable bonds is 6. The Morgan fingerprint density at radius 3 is 2.61 bits per heavy atom. The van der Waals surface area contributed by atoms with Crippen molar-refractivity contribution in [3.63, 3.8) is 0 Å². The van der Waals surface area contributed by atoms with E-state index in [4.69, 9.17) is 0 Å². The number of pyridine rings is 1. The quantitative estimate of drug-likeness (QED) is 0.590. The Morgan fingerprint density at radius 2 is 2.00 bits per heavy atom. The molecule has 0 saturated heterocycles. The van der Waals surface area contributed by atoms with Gasteiger partial charge in [0.1, 0.15) is 11.9 Å². The number of aromatic nitrogens is 1. The van der Waals surface area contributed by atoms with E-state index in [0.29, 0.717) is 5.69 Å². The van der Waals surface area contributed by atoms with E-state index < -0.39 is 0 Å². The lowest BCUT2D eigenvalue weighted by molar-refractivity contribution is -0.384. The zero-order valence-corrected chi connectivity index (χ0v) is 14.3. The Bertz CT molecular complexity index is 692. The summed E-state index contributed by atoms with van der Waals surface area (Å²) in [7, 11) is 0.